The van der Waals surface area contributed by atoms with Crippen LogP contribution in [-0.2, 0) is 0 Å². The van der Waals surface area contributed by atoms with Crippen molar-refractivity contribution in [1.82, 2.24) is 15.2 Å². The van der Waals surface area contributed by atoms with Crippen LogP contribution in [0.1, 0.15) is 32.0 Å². The molecule has 19 heavy (non-hydrogen) atoms. The summed E-state index contributed by atoms with van der Waals surface area (Å²) in [7, 11) is 2.18. The minimum atomic E-state index is 0.381. The Kier molecular flexibility index (Phi) is 5.16. The van der Waals surface area contributed by atoms with Crippen LogP contribution in [-0.4, -0.2) is 49.7 Å². The Morgan fingerprint density at radius 3 is 2.47 bits per heavy atom. The van der Waals surface area contributed by atoms with Crippen molar-refractivity contribution in [2.45, 2.75) is 26.3 Å². The van der Waals surface area contributed by atoms with Crippen LogP contribution in [0.25, 0.3) is 0 Å². The van der Waals surface area contributed by atoms with Gasteiger partial charge in [0.2, 0.25) is 0 Å². The minimum absolute atomic E-state index is 0.381. The van der Waals surface area contributed by atoms with E-state index in [1.807, 2.05) is 6.20 Å². The van der Waals surface area contributed by atoms with Crippen molar-refractivity contribution in [2.75, 3.05) is 44.7 Å². The number of hydrogen-bond donors (Lipinski definition) is 1. The number of rotatable bonds is 5. The summed E-state index contributed by atoms with van der Waals surface area (Å²) in [5.41, 5.74) is 2.41. The van der Waals surface area contributed by atoms with E-state index in [9.17, 15) is 0 Å². The molecule has 1 aromatic heterocycles. The summed E-state index contributed by atoms with van der Waals surface area (Å²) in [4.78, 5) is 9.44. The first-order valence-corrected chi connectivity index (χ1v) is 7.37. The maximum atomic E-state index is 4.64. The third-order valence-corrected chi connectivity index (χ3v) is 3.85. The molecular weight excluding hydrogens is 236 g/mol. The smallest absolute Gasteiger partial charge is 0.0574 e. The third-order valence-electron chi connectivity index (χ3n) is 3.85. The fourth-order valence-electron chi connectivity index (χ4n) is 2.56. The fraction of sp³-hybridized carbons (Fsp3) is 0.667. The van der Waals surface area contributed by atoms with Crippen molar-refractivity contribution in [3.63, 3.8) is 0 Å². The molecule has 4 nitrogen and oxygen atoms in total. The van der Waals surface area contributed by atoms with Gasteiger partial charge in [-0.3, -0.25) is 4.98 Å². The Labute approximate surface area is 116 Å². The lowest BCUT2D eigenvalue weighted by Crippen LogP contribution is -2.44. The second-order valence-electron chi connectivity index (χ2n) is 5.25. The van der Waals surface area contributed by atoms with Crippen molar-refractivity contribution in [2.24, 2.45) is 0 Å². The lowest BCUT2D eigenvalue weighted by Gasteiger charge is -2.34. The largest absolute Gasteiger partial charge is 0.368 e. The highest BCUT2D eigenvalue weighted by Gasteiger charge is 2.15. The Bertz CT molecular complexity index is 368. The number of anilines is 1. The third kappa shape index (κ3) is 3.67. The zero-order valence-corrected chi connectivity index (χ0v) is 12.4. The Morgan fingerprint density at radius 2 is 1.95 bits per heavy atom. The van der Waals surface area contributed by atoms with E-state index in [1.165, 1.54) is 5.69 Å². The molecule has 1 saturated heterocycles. The van der Waals surface area contributed by atoms with Gasteiger partial charge in [-0.15, -0.1) is 0 Å². The Morgan fingerprint density at radius 1 is 1.21 bits per heavy atom. The standard InChI is InChI=1S/C15H26N4/c1-4-14(16-5-2)15-7-6-13(12-17-15)19-10-8-18(3)9-11-19/h6-7,12,14,16H,4-5,8-11H2,1-3H3. The summed E-state index contributed by atoms with van der Waals surface area (Å²) < 4.78 is 0. The van der Waals surface area contributed by atoms with E-state index in [2.05, 4.69) is 53.1 Å². The molecule has 1 fully saturated rings. The van der Waals surface area contributed by atoms with Crippen LogP contribution < -0.4 is 10.2 Å². The van der Waals surface area contributed by atoms with Gasteiger partial charge in [0, 0.05) is 32.2 Å². The molecule has 0 spiro atoms. The number of piperazine rings is 1. The van der Waals surface area contributed by atoms with E-state index >= 15 is 0 Å². The first-order valence-electron chi connectivity index (χ1n) is 7.37. The molecule has 0 amide bonds. The van der Waals surface area contributed by atoms with Gasteiger partial charge in [0.15, 0.2) is 0 Å². The minimum Gasteiger partial charge on any atom is -0.368 e. The molecule has 0 saturated carbocycles. The monoisotopic (exact) mass is 262 g/mol. The first-order chi connectivity index (χ1) is 9.24. The maximum absolute atomic E-state index is 4.64. The zero-order valence-electron chi connectivity index (χ0n) is 12.4. The molecule has 1 aromatic rings. The van der Waals surface area contributed by atoms with Gasteiger partial charge in [-0.1, -0.05) is 13.8 Å². The molecule has 0 aromatic carbocycles. The van der Waals surface area contributed by atoms with Crippen molar-refractivity contribution >= 4 is 5.69 Å². The highest BCUT2D eigenvalue weighted by molar-refractivity contribution is 5.45. The fourth-order valence-corrected chi connectivity index (χ4v) is 2.56. The first kappa shape index (κ1) is 14.3. The van der Waals surface area contributed by atoms with E-state index in [-0.39, 0.29) is 0 Å². The second kappa shape index (κ2) is 6.87. The van der Waals surface area contributed by atoms with Gasteiger partial charge in [0.1, 0.15) is 0 Å². The van der Waals surface area contributed by atoms with Crippen LogP contribution in [0.15, 0.2) is 18.3 Å². The highest BCUT2D eigenvalue weighted by atomic mass is 15.2. The van der Waals surface area contributed by atoms with Crippen LogP contribution >= 0.6 is 0 Å². The normalized spacial score (nSPS) is 18.6. The predicted molar refractivity (Wildman–Crippen MR) is 80.7 cm³/mol. The van der Waals surface area contributed by atoms with Gasteiger partial charge >= 0.3 is 0 Å². The van der Waals surface area contributed by atoms with Gasteiger partial charge in [0.05, 0.1) is 17.6 Å². The predicted octanol–water partition coefficient (Wildman–Crippen LogP) is 1.89. The summed E-state index contributed by atoms with van der Waals surface area (Å²) in [5, 5.41) is 3.47. The number of pyridine rings is 1. The Hall–Kier alpha value is -1.13. The van der Waals surface area contributed by atoms with Crippen LogP contribution in [0, 0.1) is 0 Å². The van der Waals surface area contributed by atoms with Crippen molar-refractivity contribution in [3.05, 3.63) is 24.0 Å². The van der Waals surface area contributed by atoms with Gasteiger partial charge in [-0.05, 0) is 32.1 Å². The average Bonchev–Trinajstić information content (AvgIpc) is 2.46. The van der Waals surface area contributed by atoms with E-state index in [0.717, 1.165) is 44.8 Å². The summed E-state index contributed by atoms with van der Waals surface area (Å²) in [6.45, 7) is 9.79. The summed E-state index contributed by atoms with van der Waals surface area (Å²) >= 11 is 0. The van der Waals surface area contributed by atoms with Gasteiger partial charge in [-0.25, -0.2) is 0 Å². The van der Waals surface area contributed by atoms with Crippen LogP contribution in [0.3, 0.4) is 0 Å². The molecule has 2 heterocycles. The number of nitrogens with one attached hydrogen (secondary N) is 1. The van der Waals surface area contributed by atoms with E-state index < -0.39 is 0 Å². The molecule has 0 bridgehead atoms. The zero-order chi connectivity index (χ0) is 13.7. The molecule has 1 unspecified atom stereocenters. The quantitative estimate of drug-likeness (QED) is 0.878. The molecule has 2 rings (SSSR count). The van der Waals surface area contributed by atoms with Crippen molar-refractivity contribution in [1.29, 1.82) is 0 Å². The molecule has 106 valence electrons. The summed E-state index contributed by atoms with van der Waals surface area (Å²) in [6.07, 6.45) is 3.11. The number of likely N-dealkylation sites (N-methyl/N-ethyl adjacent to an activating group) is 1. The molecule has 1 aliphatic rings. The number of aromatic nitrogens is 1. The molecule has 1 N–H and O–H groups in total. The Balaban J connectivity index is 2.01. The van der Waals surface area contributed by atoms with Gasteiger partial charge < -0.3 is 15.1 Å². The lowest BCUT2D eigenvalue weighted by atomic mass is 10.1. The van der Waals surface area contributed by atoms with Gasteiger partial charge in [0.25, 0.3) is 0 Å². The summed E-state index contributed by atoms with van der Waals surface area (Å²) in [6, 6.07) is 4.77. The van der Waals surface area contributed by atoms with Gasteiger partial charge in [-0.2, -0.15) is 0 Å². The maximum Gasteiger partial charge on any atom is 0.0574 e. The van der Waals surface area contributed by atoms with Crippen molar-refractivity contribution < 1.29 is 0 Å². The topological polar surface area (TPSA) is 31.4 Å². The molecular formula is C15H26N4. The second-order valence-corrected chi connectivity index (χ2v) is 5.25. The van der Waals surface area contributed by atoms with Crippen LogP contribution in [0.2, 0.25) is 0 Å². The van der Waals surface area contributed by atoms with Crippen LogP contribution in [0.5, 0.6) is 0 Å². The highest BCUT2D eigenvalue weighted by Crippen LogP contribution is 2.19. The van der Waals surface area contributed by atoms with E-state index in [0.29, 0.717) is 6.04 Å². The van der Waals surface area contributed by atoms with E-state index in [1.54, 1.807) is 0 Å². The van der Waals surface area contributed by atoms with E-state index in [4.69, 9.17) is 0 Å². The SMILES string of the molecule is CCNC(CC)c1ccc(N2CCN(C)CC2)cn1. The van der Waals surface area contributed by atoms with Crippen LogP contribution in [0.4, 0.5) is 5.69 Å². The average molecular weight is 262 g/mol. The molecule has 0 radical (unpaired) electrons. The molecule has 4 heteroatoms. The molecule has 1 atom stereocenters. The summed E-state index contributed by atoms with van der Waals surface area (Å²) in [5.74, 6) is 0. The number of hydrogen-bond acceptors (Lipinski definition) is 4. The number of nitrogens with zero attached hydrogens (tertiary/aromatic N) is 3. The lowest BCUT2D eigenvalue weighted by molar-refractivity contribution is 0.313. The molecule has 1 aliphatic heterocycles. The van der Waals surface area contributed by atoms with Crippen molar-refractivity contribution in [3.8, 4) is 0 Å². The molecule has 0 aliphatic carbocycles.